The molecule has 6 nitrogen and oxygen atoms in total. The molecule has 1 atom stereocenters. The molecule has 1 N–H and O–H groups in total. The van der Waals surface area contributed by atoms with Crippen molar-refractivity contribution >= 4 is 46.3 Å². The Kier molecular flexibility index (Phi) is 7.84. The van der Waals surface area contributed by atoms with Crippen LogP contribution >= 0.6 is 24.0 Å². The lowest BCUT2D eigenvalue weighted by atomic mass is 10.1. The molecule has 1 aliphatic rings. The van der Waals surface area contributed by atoms with Crippen LogP contribution in [0.2, 0.25) is 0 Å². The third-order valence-electron chi connectivity index (χ3n) is 5.24. The average Bonchev–Trinajstić information content (AvgIpc) is 3.12. The van der Waals surface area contributed by atoms with Gasteiger partial charge in [-0.2, -0.15) is 0 Å². The summed E-state index contributed by atoms with van der Waals surface area (Å²) < 4.78 is 12.6. The second kappa shape index (κ2) is 11.2. The lowest BCUT2D eigenvalue weighted by molar-refractivity contribution is -0.140. The zero-order chi connectivity index (χ0) is 24.8. The quantitative estimate of drug-likeness (QED) is 0.296. The SMILES string of the molecule is CC(Oc1ccc(C=C2SC(=S)N(CC(=O)O)C2=O)cc1OCc1ccccc1)c1ccccc1. The molecular formula is C27H23NO5S2. The van der Waals surface area contributed by atoms with Crippen molar-refractivity contribution in [3.8, 4) is 11.5 Å². The highest BCUT2D eigenvalue weighted by Crippen LogP contribution is 2.36. The van der Waals surface area contributed by atoms with Gasteiger partial charge < -0.3 is 14.6 Å². The number of aliphatic carboxylic acids is 1. The topological polar surface area (TPSA) is 76.1 Å². The summed E-state index contributed by atoms with van der Waals surface area (Å²) >= 11 is 6.26. The standard InChI is InChI=1S/C27H23NO5S2/c1-18(21-10-6-3-7-11-21)33-22-13-12-20(14-23(22)32-17-19-8-4-2-5-9-19)15-24-26(31)28(16-25(29)30)27(34)35-24/h2-15,18H,16-17H2,1H3,(H,29,30). The Morgan fingerprint density at radius 1 is 1.06 bits per heavy atom. The van der Waals surface area contributed by atoms with Crippen LogP contribution in [-0.2, 0) is 16.2 Å². The molecule has 0 aromatic heterocycles. The number of rotatable bonds is 9. The minimum Gasteiger partial charge on any atom is -0.485 e. The van der Waals surface area contributed by atoms with Crippen LogP contribution in [0.4, 0.5) is 0 Å². The summed E-state index contributed by atoms with van der Waals surface area (Å²) in [4.78, 5) is 25.2. The van der Waals surface area contributed by atoms with Gasteiger partial charge in [0.15, 0.2) is 11.5 Å². The Balaban J connectivity index is 1.60. The van der Waals surface area contributed by atoms with Crippen molar-refractivity contribution in [2.24, 2.45) is 0 Å². The first-order valence-corrected chi connectivity index (χ1v) is 12.1. The third-order valence-corrected chi connectivity index (χ3v) is 6.62. The van der Waals surface area contributed by atoms with Crippen molar-refractivity contribution in [1.29, 1.82) is 0 Å². The Hall–Kier alpha value is -3.62. The highest BCUT2D eigenvalue weighted by Gasteiger charge is 2.33. The number of ether oxygens (including phenoxy) is 2. The zero-order valence-electron chi connectivity index (χ0n) is 18.9. The summed E-state index contributed by atoms with van der Waals surface area (Å²) in [6.07, 6.45) is 1.48. The van der Waals surface area contributed by atoms with E-state index in [1.54, 1.807) is 12.1 Å². The minimum absolute atomic E-state index is 0.201. The van der Waals surface area contributed by atoms with Crippen molar-refractivity contribution in [2.75, 3.05) is 6.54 Å². The van der Waals surface area contributed by atoms with E-state index in [2.05, 4.69) is 0 Å². The Labute approximate surface area is 213 Å². The van der Waals surface area contributed by atoms with Crippen molar-refractivity contribution in [2.45, 2.75) is 19.6 Å². The Bertz CT molecular complexity index is 1260. The average molecular weight is 506 g/mol. The molecule has 0 radical (unpaired) electrons. The molecule has 1 heterocycles. The molecule has 8 heteroatoms. The summed E-state index contributed by atoms with van der Waals surface area (Å²) in [6, 6.07) is 25.1. The summed E-state index contributed by atoms with van der Waals surface area (Å²) in [6.45, 7) is 1.86. The van der Waals surface area contributed by atoms with Gasteiger partial charge in [-0.15, -0.1) is 0 Å². The number of thiocarbonyl (C=S) groups is 1. The van der Waals surface area contributed by atoms with Gasteiger partial charge in [-0.3, -0.25) is 14.5 Å². The molecule has 1 fully saturated rings. The lowest BCUT2D eigenvalue weighted by Gasteiger charge is -2.19. The summed E-state index contributed by atoms with van der Waals surface area (Å²) in [7, 11) is 0. The number of thioether (sulfide) groups is 1. The third kappa shape index (κ3) is 6.29. The molecule has 1 saturated heterocycles. The first-order valence-electron chi connectivity index (χ1n) is 10.9. The highest BCUT2D eigenvalue weighted by atomic mass is 32.2. The van der Waals surface area contributed by atoms with E-state index in [0.29, 0.717) is 28.6 Å². The fraction of sp³-hybridized carbons (Fsp3) is 0.148. The number of carbonyl (C=O) groups is 2. The second-order valence-corrected chi connectivity index (χ2v) is 9.49. The first kappa shape index (κ1) is 24.5. The van der Waals surface area contributed by atoms with Gasteiger partial charge in [0.2, 0.25) is 0 Å². The summed E-state index contributed by atoms with van der Waals surface area (Å²) in [5.41, 5.74) is 2.76. The molecule has 178 valence electrons. The van der Waals surface area contributed by atoms with Crippen LogP contribution in [0, 0.1) is 0 Å². The predicted molar refractivity (Wildman–Crippen MR) is 140 cm³/mol. The van der Waals surface area contributed by atoms with Gasteiger partial charge in [-0.05, 0) is 41.8 Å². The van der Waals surface area contributed by atoms with Crippen LogP contribution in [0.3, 0.4) is 0 Å². The molecule has 35 heavy (non-hydrogen) atoms. The number of amides is 1. The lowest BCUT2D eigenvalue weighted by Crippen LogP contribution is -2.33. The van der Waals surface area contributed by atoms with Gasteiger partial charge >= 0.3 is 5.97 Å². The largest absolute Gasteiger partial charge is 0.485 e. The molecule has 1 aliphatic heterocycles. The van der Waals surface area contributed by atoms with E-state index in [0.717, 1.165) is 27.8 Å². The maximum absolute atomic E-state index is 12.7. The van der Waals surface area contributed by atoms with Gasteiger partial charge in [0.05, 0.1) is 4.91 Å². The molecule has 0 aliphatic carbocycles. The molecule has 1 amide bonds. The second-order valence-electron chi connectivity index (χ2n) is 7.81. The summed E-state index contributed by atoms with van der Waals surface area (Å²) in [5, 5.41) is 9.05. The van der Waals surface area contributed by atoms with E-state index in [4.69, 9.17) is 26.8 Å². The molecule has 3 aromatic carbocycles. The van der Waals surface area contributed by atoms with Crippen LogP contribution in [0.15, 0.2) is 83.8 Å². The molecule has 1 unspecified atom stereocenters. The van der Waals surface area contributed by atoms with Crippen molar-refractivity contribution in [1.82, 2.24) is 4.90 Å². The van der Waals surface area contributed by atoms with Gasteiger partial charge in [-0.1, -0.05) is 90.7 Å². The van der Waals surface area contributed by atoms with Crippen LogP contribution in [0.1, 0.15) is 29.7 Å². The van der Waals surface area contributed by atoms with Crippen LogP contribution < -0.4 is 9.47 Å². The fourth-order valence-corrected chi connectivity index (χ4v) is 4.72. The maximum Gasteiger partial charge on any atom is 0.323 e. The van der Waals surface area contributed by atoms with E-state index in [-0.39, 0.29) is 10.4 Å². The number of nitrogens with zero attached hydrogens (tertiary/aromatic N) is 1. The fourth-order valence-electron chi connectivity index (χ4n) is 3.47. The van der Waals surface area contributed by atoms with E-state index < -0.39 is 18.4 Å². The molecule has 3 aromatic rings. The van der Waals surface area contributed by atoms with E-state index in [1.165, 1.54) is 0 Å². The monoisotopic (exact) mass is 505 g/mol. The number of carboxylic acids is 1. The number of benzene rings is 3. The van der Waals surface area contributed by atoms with Gasteiger partial charge in [0.25, 0.3) is 5.91 Å². The first-order chi connectivity index (χ1) is 16.9. The predicted octanol–water partition coefficient (Wildman–Crippen LogP) is 5.69. The Morgan fingerprint density at radius 2 is 1.74 bits per heavy atom. The summed E-state index contributed by atoms with van der Waals surface area (Å²) in [5.74, 6) is -0.431. The number of hydrogen-bond donors (Lipinski definition) is 1. The molecule has 0 bridgehead atoms. The van der Waals surface area contributed by atoms with Crippen LogP contribution in [0.5, 0.6) is 11.5 Å². The smallest absolute Gasteiger partial charge is 0.323 e. The van der Waals surface area contributed by atoms with Crippen LogP contribution in [-0.4, -0.2) is 32.7 Å². The number of hydrogen-bond acceptors (Lipinski definition) is 6. The number of carboxylic acid groups (broad SMARTS) is 1. The minimum atomic E-state index is -1.12. The van der Waals surface area contributed by atoms with Gasteiger partial charge in [0, 0.05) is 0 Å². The molecule has 0 spiro atoms. The molecule has 0 saturated carbocycles. The van der Waals surface area contributed by atoms with Crippen molar-refractivity contribution in [3.63, 3.8) is 0 Å². The highest BCUT2D eigenvalue weighted by molar-refractivity contribution is 8.26. The van der Waals surface area contributed by atoms with E-state index in [9.17, 15) is 9.59 Å². The van der Waals surface area contributed by atoms with Crippen LogP contribution in [0.25, 0.3) is 6.08 Å². The Morgan fingerprint density at radius 3 is 2.43 bits per heavy atom. The van der Waals surface area contributed by atoms with Gasteiger partial charge in [-0.25, -0.2) is 0 Å². The van der Waals surface area contributed by atoms with Crippen molar-refractivity contribution < 1.29 is 24.2 Å². The number of carbonyl (C=O) groups excluding carboxylic acids is 1. The zero-order valence-corrected chi connectivity index (χ0v) is 20.6. The normalized spacial score (nSPS) is 15.3. The van der Waals surface area contributed by atoms with E-state index in [1.807, 2.05) is 79.7 Å². The maximum atomic E-state index is 12.7. The van der Waals surface area contributed by atoms with Crippen molar-refractivity contribution in [3.05, 3.63) is 100 Å². The molecular weight excluding hydrogens is 482 g/mol. The molecule has 4 rings (SSSR count). The van der Waals surface area contributed by atoms with Gasteiger partial charge in [0.1, 0.15) is 23.6 Å². The van der Waals surface area contributed by atoms with E-state index >= 15 is 0 Å².